The Hall–Kier alpha value is -0.0900. The first-order valence-corrected chi connectivity index (χ1v) is 4.78. The van der Waals surface area contributed by atoms with Gasteiger partial charge >= 0.3 is 0 Å². The highest BCUT2D eigenvalue weighted by atomic mass is 32.2. The quantitative estimate of drug-likeness (QED) is 0.486. The molecule has 0 spiro atoms. The molecule has 1 rings (SSSR count). The van der Waals surface area contributed by atoms with E-state index in [-0.39, 0.29) is 11.5 Å². The van der Waals surface area contributed by atoms with Crippen molar-refractivity contribution in [2.45, 2.75) is 18.9 Å². The van der Waals surface area contributed by atoms with Gasteiger partial charge < -0.3 is 0 Å². The lowest BCUT2D eigenvalue weighted by molar-refractivity contribution is 0.0964. The third kappa shape index (κ3) is 1.95. The molecule has 1 heterocycles. The van der Waals surface area contributed by atoms with Gasteiger partial charge in [-0.1, -0.05) is 0 Å². The molecule has 4 heteroatoms. The molecule has 1 saturated heterocycles. The molecule has 0 amide bonds. The molecule has 1 radical (unpaired) electrons. The van der Waals surface area contributed by atoms with Gasteiger partial charge in [-0.3, -0.25) is 0 Å². The molecule has 0 N–H and O–H groups in total. The van der Waals surface area contributed by atoms with E-state index in [2.05, 4.69) is 0 Å². The summed E-state index contributed by atoms with van der Waals surface area (Å²) in [6.07, 6.45) is 0.221. The van der Waals surface area contributed by atoms with E-state index in [4.69, 9.17) is 0 Å². The minimum atomic E-state index is -2.94. The average Bonchev–Trinajstić information content (AvgIpc) is 1.60. The van der Waals surface area contributed by atoms with Crippen molar-refractivity contribution < 1.29 is 13.5 Å². The standard InChI is InChI=1S/C5H9O3S/c6-5-2-1-3-9(7,8)4-5/h5H,1-4H2. The molecule has 0 aromatic carbocycles. The number of hydrogen-bond donors (Lipinski definition) is 0. The van der Waals surface area contributed by atoms with E-state index in [1.807, 2.05) is 0 Å². The van der Waals surface area contributed by atoms with Crippen LogP contribution in [-0.2, 0) is 14.9 Å². The van der Waals surface area contributed by atoms with E-state index in [1.54, 1.807) is 0 Å². The van der Waals surface area contributed by atoms with E-state index < -0.39 is 15.9 Å². The molecular weight excluding hydrogens is 140 g/mol. The summed E-state index contributed by atoms with van der Waals surface area (Å²) in [5, 5.41) is 10.6. The molecule has 3 nitrogen and oxygen atoms in total. The Morgan fingerprint density at radius 3 is 2.33 bits per heavy atom. The van der Waals surface area contributed by atoms with Crippen molar-refractivity contribution in [1.29, 1.82) is 0 Å². The first-order valence-electron chi connectivity index (χ1n) is 2.96. The van der Waals surface area contributed by atoms with Crippen molar-refractivity contribution in [2.75, 3.05) is 11.5 Å². The molecule has 1 atom stereocenters. The van der Waals surface area contributed by atoms with Crippen LogP contribution in [0.2, 0.25) is 0 Å². The second kappa shape index (κ2) is 2.27. The highest BCUT2D eigenvalue weighted by Gasteiger charge is 2.23. The Morgan fingerprint density at radius 1 is 1.33 bits per heavy atom. The molecule has 9 heavy (non-hydrogen) atoms. The van der Waals surface area contributed by atoms with Gasteiger partial charge in [0.25, 0.3) is 0 Å². The average molecular weight is 149 g/mol. The molecule has 1 unspecified atom stereocenters. The summed E-state index contributed by atoms with van der Waals surface area (Å²) in [7, 11) is -2.94. The minimum Gasteiger partial charge on any atom is -0.232 e. The fourth-order valence-corrected chi connectivity index (χ4v) is 2.49. The Bertz CT molecular complexity index is 182. The lowest BCUT2D eigenvalue weighted by atomic mass is 10.2. The van der Waals surface area contributed by atoms with Crippen LogP contribution in [0.25, 0.3) is 0 Å². The Kier molecular flexibility index (Phi) is 1.77. The lowest BCUT2D eigenvalue weighted by Crippen LogP contribution is -2.27. The van der Waals surface area contributed by atoms with Crippen molar-refractivity contribution in [3.63, 3.8) is 0 Å². The zero-order valence-electron chi connectivity index (χ0n) is 5.04. The SMILES string of the molecule is [O]C1CCCS(=O)(=O)C1. The first-order chi connectivity index (χ1) is 4.10. The predicted molar refractivity (Wildman–Crippen MR) is 32.4 cm³/mol. The maximum atomic E-state index is 10.7. The highest BCUT2D eigenvalue weighted by Crippen LogP contribution is 2.11. The largest absolute Gasteiger partial charge is 0.232 e. The van der Waals surface area contributed by atoms with Gasteiger partial charge in [0, 0.05) is 0 Å². The summed E-state index contributed by atoms with van der Waals surface area (Å²) in [6, 6.07) is 0. The molecule has 1 fully saturated rings. The lowest BCUT2D eigenvalue weighted by Gasteiger charge is -2.13. The van der Waals surface area contributed by atoms with Crippen LogP contribution in [0, 0.1) is 0 Å². The maximum Gasteiger partial charge on any atom is 0.152 e. The van der Waals surface area contributed by atoms with Gasteiger partial charge in [-0.25, -0.2) is 13.5 Å². The molecule has 1 aliphatic rings. The molecule has 0 saturated carbocycles. The molecular formula is C5H9O3S. The fraction of sp³-hybridized carbons (Fsp3) is 1.00. The van der Waals surface area contributed by atoms with E-state index >= 15 is 0 Å². The molecule has 0 aromatic heterocycles. The summed E-state index contributed by atoms with van der Waals surface area (Å²) in [5.41, 5.74) is 0. The van der Waals surface area contributed by atoms with Gasteiger partial charge in [-0.2, -0.15) is 0 Å². The van der Waals surface area contributed by atoms with Crippen LogP contribution >= 0.6 is 0 Å². The summed E-state index contributed by atoms with van der Waals surface area (Å²) in [6.45, 7) is 0. The number of rotatable bonds is 0. The van der Waals surface area contributed by atoms with Gasteiger partial charge in [-0.15, -0.1) is 0 Å². The topological polar surface area (TPSA) is 54.0 Å². The third-order valence-corrected chi connectivity index (χ3v) is 3.21. The second-order valence-electron chi connectivity index (χ2n) is 2.38. The normalized spacial score (nSPS) is 34.1. The zero-order valence-corrected chi connectivity index (χ0v) is 5.86. The predicted octanol–water partition coefficient (Wildman–Crippen LogP) is -0.00590. The summed E-state index contributed by atoms with van der Waals surface area (Å²) in [4.78, 5) is 0. The van der Waals surface area contributed by atoms with E-state index in [0.717, 1.165) is 0 Å². The third-order valence-electron chi connectivity index (χ3n) is 1.42. The van der Waals surface area contributed by atoms with Gasteiger partial charge in [0.05, 0.1) is 11.5 Å². The smallest absolute Gasteiger partial charge is 0.152 e. The van der Waals surface area contributed by atoms with Crippen molar-refractivity contribution in [3.05, 3.63) is 0 Å². The number of sulfone groups is 1. The van der Waals surface area contributed by atoms with Crippen LogP contribution < -0.4 is 0 Å². The van der Waals surface area contributed by atoms with Crippen LogP contribution in [-0.4, -0.2) is 26.0 Å². The molecule has 1 aliphatic heterocycles. The first kappa shape index (κ1) is 7.02. The number of hydrogen-bond acceptors (Lipinski definition) is 2. The fourth-order valence-electron chi connectivity index (χ4n) is 0.981. The van der Waals surface area contributed by atoms with Crippen LogP contribution in [0.3, 0.4) is 0 Å². The van der Waals surface area contributed by atoms with Crippen molar-refractivity contribution in [1.82, 2.24) is 0 Å². The highest BCUT2D eigenvalue weighted by molar-refractivity contribution is 7.91. The van der Waals surface area contributed by atoms with Crippen molar-refractivity contribution in [2.24, 2.45) is 0 Å². The molecule has 0 aliphatic carbocycles. The van der Waals surface area contributed by atoms with E-state index in [9.17, 15) is 13.5 Å². The van der Waals surface area contributed by atoms with Gasteiger partial charge in [0.2, 0.25) is 0 Å². The van der Waals surface area contributed by atoms with Crippen LogP contribution in [0.1, 0.15) is 12.8 Å². The van der Waals surface area contributed by atoms with Crippen LogP contribution in [0.4, 0.5) is 0 Å². The zero-order chi connectivity index (χ0) is 6.91. The van der Waals surface area contributed by atoms with Gasteiger partial charge in [0.15, 0.2) is 9.84 Å². The molecule has 0 bridgehead atoms. The monoisotopic (exact) mass is 149 g/mol. The van der Waals surface area contributed by atoms with Crippen molar-refractivity contribution in [3.8, 4) is 0 Å². The summed E-state index contributed by atoms with van der Waals surface area (Å²) < 4.78 is 21.3. The van der Waals surface area contributed by atoms with Crippen LogP contribution in [0.15, 0.2) is 0 Å². The minimum absolute atomic E-state index is 0.146. The Labute approximate surface area is 54.6 Å². The van der Waals surface area contributed by atoms with E-state index in [1.165, 1.54) is 0 Å². The molecule has 0 aromatic rings. The molecule has 53 valence electrons. The summed E-state index contributed by atoms with van der Waals surface area (Å²) in [5.74, 6) is 0.0682. The van der Waals surface area contributed by atoms with Gasteiger partial charge in [-0.05, 0) is 12.8 Å². The van der Waals surface area contributed by atoms with Crippen molar-refractivity contribution >= 4 is 9.84 Å². The van der Waals surface area contributed by atoms with Crippen LogP contribution in [0.5, 0.6) is 0 Å². The second-order valence-corrected chi connectivity index (χ2v) is 4.61. The Balaban J connectivity index is 2.62. The Morgan fingerprint density at radius 2 is 2.00 bits per heavy atom. The maximum absolute atomic E-state index is 10.7. The van der Waals surface area contributed by atoms with E-state index in [0.29, 0.717) is 12.8 Å². The van der Waals surface area contributed by atoms with Gasteiger partial charge in [0.1, 0.15) is 6.10 Å². The summed E-state index contributed by atoms with van der Waals surface area (Å²) >= 11 is 0.